The van der Waals surface area contributed by atoms with Gasteiger partial charge in [0.05, 0.1) is 0 Å². The van der Waals surface area contributed by atoms with Gasteiger partial charge in [0.2, 0.25) is 0 Å². The van der Waals surface area contributed by atoms with E-state index in [0.29, 0.717) is 5.92 Å². The van der Waals surface area contributed by atoms with Crippen molar-refractivity contribution in [1.29, 1.82) is 0 Å². The summed E-state index contributed by atoms with van der Waals surface area (Å²) in [6.07, 6.45) is 9.30. The zero-order chi connectivity index (χ0) is 53.7. The van der Waals surface area contributed by atoms with Crippen molar-refractivity contribution in [3.8, 4) is 22.3 Å². The van der Waals surface area contributed by atoms with E-state index in [1.807, 2.05) is 0 Å². The van der Waals surface area contributed by atoms with Crippen molar-refractivity contribution in [2.24, 2.45) is 5.92 Å². The third-order valence-electron chi connectivity index (χ3n) is 18.1. The van der Waals surface area contributed by atoms with E-state index in [-0.39, 0.29) is 16.2 Å². The van der Waals surface area contributed by atoms with Gasteiger partial charge in [-0.3, -0.25) is 0 Å². The minimum atomic E-state index is -0.143. The maximum atomic E-state index is 2.45. The zero-order valence-electron chi connectivity index (χ0n) is 46.2. The standard InChI is InChI=1S/C77H68N2/c1-54-46-48-77(49-47-54,59-34-38-61(39-35-59)78(52-69(55-22-10-6-11-23-55)56-24-12-7-13-25-56)63-42-44-67-65-30-18-20-32-71(65)75(2,3)73(67)50-63)60-36-40-62(41-37-60)79(53-70(57-26-14-8-15-27-57)58-28-16-9-17-29-58)64-43-45-68-66-31-19-21-33-72(66)76(4,5)74(68)51-64/h6-45,50-54H,46-49H2,1-5H3. The maximum Gasteiger partial charge on any atom is 0.0459 e. The second kappa shape index (κ2) is 20.3. The van der Waals surface area contributed by atoms with Gasteiger partial charge in [0.15, 0.2) is 0 Å². The molecule has 0 radical (unpaired) electrons. The molecule has 0 N–H and O–H groups in total. The fourth-order valence-electron chi connectivity index (χ4n) is 13.5. The van der Waals surface area contributed by atoms with Crippen molar-refractivity contribution in [3.05, 3.63) is 323 Å². The highest BCUT2D eigenvalue weighted by molar-refractivity contribution is 5.89. The molecule has 0 aliphatic heterocycles. The molecule has 1 fully saturated rings. The predicted molar refractivity (Wildman–Crippen MR) is 334 cm³/mol. The van der Waals surface area contributed by atoms with Gasteiger partial charge in [0.25, 0.3) is 0 Å². The van der Waals surface area contributed by atoms with E-state index in [9.17, 15) is 0 Å². The Bertz CT molecular complexity index is 3550. The summed E-state index contributed by atoms with van der Waals surface area (Å²) in [5.41, 5.74) is 24.8. The van der Waals surface area contributed by atoms with Crippen molar-refractivity contribution >= 4 is 33.9 Å². The Labute approximate surface area is 468 Å². The first kappa shape index (κ1) is 49.8. The van der Waals surface area contributed by atoms with Gasteiger partial charge >= 0.3 is 0 Å². The summed E-state index contributed by atoms with van der Waals surface area (Å²) in [4.78, 5) is 4.87. The molecule has 0 amide bonds. The van der Waals surface area contributed by atoms with Gasteiger partial charge in [-0.2, -0.15) is 0 Å². The Kier molecular flexibility index (Phi) is 12.8. The van der Waals surface area contributed by atoms with Crippen LogP contribution in [0.3, 0.4) is 0 Å². The molecule has 13 rings (SSSR count). The number of anilines is 4. The van der Waals surface area contributed by atoms with Crippen LogP contribution in [0.4, 0.5) is 22.7 Å². The first-order chi connectivity index (χ1) is 38.6. The molecule has 3 aliphatic rings. The molecule has 0 unspecified atom stereocenters. The third-order valence-corrected chi connectivity index (χ3v) is 18.1. The van der Waals surface area contributed by atoms with E-state index in [0.717, 1.165) is 35.6 Å². The van der Waals surface area contributed by atoms with Crippen molar-refractivity contribution in [3.63, 3.8) is 0 Å². The van der Waals surface area contributed by atoms with Crippen LogP contribution in [0.1, 0.15) is 116 Å². The average molecular weight is 1020 g/mol. The number of hydrogen-bond acceptors (Lipinski definition) is 2. The Balaban J connectivity index is 0.920. The lowest BCUT2D eigenvalue weighted by atomic mass is 9.63. The number of benzene rings is 10. The molecule has 2 nitrogen and oxygen atoms in total. The van der Waals surface area contributed by atoms with Crippen LogP contribution in [0.25, 0.3) is 33.4 Å². The van der Waals surface area contributed by atoms with Crippen LogP contribution in [-0.2, 0) is 16.2 Å². The Morgan fingerprint density at radius 1 is 0.342 bits per heavy atom. The number of fused-ring (bicyclic) bond motifs is 6. The van der Waals surface area contributed by atoms with Crippen molar-refractivity contribution in [2.75, 3.05) is 9.80 Å². The van der Waals surface area contributed by atoms with Gasteiger partial charge < -0.3 is 9.80 Å². The van der Waals surface area contributed by atoms with Gasteiger partial charge in [-0.15, -0.1) is 0 Å². The van der Waals surface area contributed by atoms with E-state index in [2.05, 4.69) is 312 Å². The van der Waals surface area contributed by atoms with Crippen molar-refractivity contribution in [2.45, 2.75) is 76.5 Å². The van der Waals surface area contributed by atoms with Crippen LogP contribution in [0, 0.1) is 5.92 Å². The van der Waals surface area contributed by atoms with Crippen molar-refractivity contribution in [1.82, 2.24) is 0 Å². The Morgan fingerprint density at radius 3 is 1.00 bits per heavy atom. The smallest absolute Gasteiger partial charge is 0.0459 e. The fourth-order valence-corrected chi connectivity index (χ4v) is 13.5. The summed E-state index contributed by atoms with van der Waals surface area (Å²) in [7, 11) is 0. The monoisotopic (exact) mass is 1020 g/mol. The Morgan fingerprint density at radius 2 is 0.646 bits per heavy atom. The molecule has 79 heavy (non-hydrogen) atoms. The molecule has 0 spiro atoms. The first-order valence-corrected chi connectivity index (χ1v) is 28.5. The van der Waals surface area contributed by atoms with Crippen LogP contribution >= 0.6 is 0 Å². The molecular formula is C77H68N2. The summed E-state index contributed by atoms with van der Waals surface area (Å²) in [6, 6.07) is 94.9. The van der Waals surface area contributed by atoms with Crippen molar-refractivity contribution < 1.29 is 0 Å². The van der Waals surface area contributed by atoms with Gasteiger partial charge in [-0.05, 0) is 158 Å². The minimum absolute atomic E-state index is 0.132. The molecule has 0 heterocycles. The lowest BCUT2D eigenvalue weighted by Crippen LogP contribution is -2.32. The molecule has 0 saturated heterocycles. The molecule has 10 aromatic carbocycles. The fraction of sp³-hybridized carbons (Fsp3) is 0.169. The SMILES string of the molecule is CC1CCC(c2ccc(N(C=C(c3ccccc3)c3ccccc3)c3ccc4c(c3)C(C)(C)c3ccccc3-4)cc2)(c2ccc(N(C=C(c3ccccc3)c3ccccc3)c3ccc4c(c3)C(C)(C)c3ccccc3-4)cc2)CC1. The van der Waals surface area contributed by atoms with Crippen LogP contribution in [-0.4, -0.2) is 0 Å². The van der Waals surface area contributed by atoms with Gasteiger partial charge in [-0.25, -0.2) is 0 Å². The molecule has 0 aromatic heterocycles. The summed E-state index contributed by atoms with van der Waals surface area (Å²) in [5, 5.41) is 0. The third kappa shape index (κ3) is 8.94. The summed E-state index contributed by atoms with van der Waals surface area (Å²) < 4.78 is 0. The molecule has 3 aliphatic carbocycles. The van der Waals surface area contributed by atoms with Gasteiger partial charge in [-0.1, -0.05) is 241 Å². The molecule has 0 atom stereocenters. The Hall–Kier alpha value is -8.72. The summed E-state index contributed by atoms with van der Waals surface area (Å²) >= 11 is 0. The van der Waals surface area contributed by atoms with E-state index in [4.69, 9.17) is 0 Å². The van der Waals surface area contributed by atoms with Crippen LogP contribution < -0.4 is 9.80 Å². The molecule has 386 valence electrons. The molecule has 0 bridgehead atoms. The van der Waals surface area contributed by atoms with Crippen LogP contribution in [0.15, 0.2) is 267 Å². The van der Waals surface area contributed by atoms with E-state index in [1.165, 1.54) is 102 Å². The average Bonchev–Trinajstić information content (AvgIpc) is 3.99. The van der Waals surface area contributed by atoms with Gasteiger partial charge in [0, 0.05) is 62.5 Å². The lowest BCUT2D eigenvalue weighted by Gasteiger charge is -2.41. The highest BCUT2D eigenvalue weighted by Crippen LogP contribution is 2.53. The molecule has 1 saturated carbocycles. The van der Waals surface area contributed by atoms with E-state index in [1.54, 1.807) is 0 Å². The molecule has 10 aromatic rings. The van der Waals surface area contributed by atoms with E-state index < -0.39 is 0 Å². The number of hydrogen-bond donors (Lipinski definition) is 0. The second-order valence-corrected chi connectivity index (χ2v) is 23.4. The van der Waals surface area contributed by atoms with Gasteiger partial charge in [0.1, 0.15) is 0 Å². The largest absolute Gasteiger partial charge is 0.317 e. The second-order valence-electron chi connectivity index (χ2n) is 23.4. The summed E-state index contributed by atoms with van der Waals surface area (Å²) in [6.45, 7) is 11.9. The molecular weight excluding hydrogens is 953 g/mol. The summed E-state index contributed by atoms with van der Waals surface area (Å²) in [5.74, 6) is 0.683. The first-order valence-electron chi connectivity index (χ1n) is 28.5. The topological polar surface area (TPSA) is 6.48 Å². The number of rotatable bonds is 12. The quantitative estimate of drug-likeness (QED) is 0.120. The van der Waals surface area contributed by atoms with Crippen LogP contribution in [0.2, 0.25) is 0 Å². The number of nitrogens with zero attached hydrogens (tertiary/aromatic N) is 2. The maximum absolute atomic E-state index is 2.45. The lowest BCUT2D eigenvalue weighted by molar-refractivity contribution is 0.280. The predicted octanol–water partition coefficient (Wildman–Crippen LogP) is 20.3. The highest BCUT2D eigenvalue weighted by Gasteiger charge is 2.39. The minimum Gasteiger partial charge on any atom is -0.317 e. The highest BCUT2D eigenvalue weighted by atomic mass is 15.1. The van der Waals surface area contributed by atoms with E-state index >= 15 is 0 Å². The molecule has 2 heteroatoms. The zero-order valence-corrected chi connectivity index (χ0v) is 46.2. The van der Waals surface area contributed by atoms with Crippen LogP contribution in [0.5, 0.6) is 0 Å². The normalized spacial score (nSPS) is 15.2.